The van der Waals surface area contributed by atoms with Crippen molar-refractivity contribution < 1.29 is 24.6 Å². The van der Waals surface area contributed by atoms with Crippen molar-refractivity contribution >= 4 is 17.8 Å². The number of likely N-dealkylation sites (tertiary alicyclic amines) is 1. The van der Waals surface area contributed by atoms with Gasteiger partial charge in [-0.15, -0.1) is 0 Å². The molecule has 1 heterocycles. The van der Waals surface area contributed by atoms with Crippen LogP contribution in [0, 0.1) is 11.3 Å². The van der Waals surface area contributed by atoms with Crippen LogP contribution in [0.2, 0.25) is 0 Å². The largest absolute Gasteiger partial charge is 0.481 e. The second-order valence-corrected chi connectivity index (χ2v) is 6.71. The Balaban J connectivity index is 2.70. The van der Waals surface area contributed by atoms with Crippen LogP contribution in [-0.4, -0.2) is 58.6 Å². The molecule has 0 radical (unpaired) electrons. The van der Waals surface area contributed by atoms with Crippen molar-refractivity contribution in [1.29, 1.82) is 0 Å². The van der Waals surface area contributed by atoms with E-state index in [1.807, 2.05) is 0 Å². The molecule has 1 aliphatic heterocycles. The fraction of sp³-hybridized carbons (Fsp3) is 0.786. The second kappa shape index (κ2) is 6.89. The number of carbonyl (C=O) groups excluding carboxylic acids is 1. The van der Waals surface area contributed by atoms with E-state index < -0.39 is 17.4 Å². The first-order valence-corrected chi connectivity index (χ1v) is 7.05. The normalized spacial score (nSPS) is 23.6. The maximum Gasteiger partial charge on any atom is 0.317 e. The Morgan fingerprint density at radius 3 is 2.24 bits per heavy atom. The Morgan fingerprint density at radius 2 is 1.76 bits per heavy atom. The summed E-state index contributed by atoms with van der Waals surface area (Å²) < 4.78 is 0. The van der Waals surface area contributed by atoms with E-state index in [1.165, 1.54) is 0 Å². The maximum atomic E-state index is 12.0. The highest BCUT2D eigenvalue weighted by atomic mass is 16.4. The van der Waals surface area contributed by atoms with Crippen molar-refractivity contribution in [2.75, 3.05) is 19.6 Å². The molecule has 0 bridgehead atoms. The van der Waals surface area contributed by atoms with E-state index in [0.29, 0.717) is 19.5 Å². The molecule has 2 atom stereocenters. The van der Waals surface area contributed by atoms with Gasteiger partial charge in [0.15, 0.2) is 0 Å². The molecule has 1 amide bonds. The fourth-order valence-electron chi connectivity index (χ4n) is 2.52. The van der Waals surface area contributed by atoms with E-state index >= 15 is 0 Å². The van der Waals surface area contributed by atoms with E-state index in [9.17, 15) is 14.4 Å². The summed E-state index contributed by atoms with van der Waals surface area (Å²) in [5, 5.41) is 20.7. The molecule has 120 valence electrons. The van der Waals surface area contributed by atoms with Gasteiger partial charge in [-0.3, -0.25) is 19.3 Å². The van der Waals surface area contributed by atoms with Gasteiger partial charge >= 0.3 is 11.9 Å². The number of piperidine rings is 1. The van der Waals surface area contributed by atoms with Gasteiger partial charge in [-0.1, -0.05) is 20.8 Å². The van der Waals surface area contributed by atoms with Crippen LogP contribution in [0.1, 0.15) is 33.6 Å². The number of nitrogens with one attached hydrogen (secondary N) is 1. The highest BCUT2D eigenvalue weighted by molar-refractivity contribution is 5.81. The lowest BCUT2D eigenvalue weighted by Gasteiger charge is -2.37. The minimum atomic E-state index is -0.952. The van der Waals surface area contributed by atoms with Crippen molar-refractivity contribution in [1.82, 2.24) is 10.2 Å². The van der Waals surface area contributed by atoms with Crippen molar-refractivity contribution in [3.05, 3.63) is 0 Å². The van der Waals surface area contributed by atoms with Crippen LogP contribution in [0.15, 0.2) is 0 Å². The lowest BCUT2D eigenvalue weighted by Crippen LogP contribution is -2.53. The lowest BCUT2D eigenvalue weighted by atomic mass is 9.89. The standard InChI is InChI=1S/C14H24N2O5/c1-14(2,3)13(21)15-10-4-9(5-11(17)18)6-16(7-10)8-12(19)20/h9-10H,4-8H2,1-3H3,(H,15,21)(H,17,18)(H,19,20). The van der Waals surface area contributed by atoms with Crippen LogP contribution in [0.5, 0.6) is 0 Å². The summed E-state index contributed by atoms with van der Waals surface area (Å²) >= 11 is 0. The maximum absolute atomic E-state index is 12.0. The molecule has 7 nitrogen and oxygen atoms in total. The van der Waals surface area contributed by atoms with Crippen LogP contribution in [0.4, 0.5) is 0 Å². The molecule has 21 heavy (non-hydrogen) atoms. The molecular formula is C14H24N2O5. The number of carbonyl (C=O) groups is 3. The van der Waals surface area contributed by atoms with Crippen molar-refractivity contribution in [3.8, 4) is 0 Å². The van der Waals surface area contributed by atoms with Gasteiger partial charge in [0.2, 0.25) is 5.91 Å². The minimum Gasteiger partial charge on any atom is -0.481 e. The van der Waals surface area contributed by atoms with Gasteiger partial charge in [-0.05, 0) is 12.3 Å². The predicted molar refractivity (Wildman–Crippen MR) is 75.8 cm³/mol. The average Bonchev–Trinajstić information content (AvgIpc) is 2.24. The monoisotopic (exact) mass is 300 g/mol. The Bertz CT molecular complexity index is 392. The number of carboxylic acids is 2. The lowest BCUT2D eigenvalue weighted by molar-refractivity contribution is -0.139. The van der Waals surface area contributed by atoms with Crippen LogP contribution in [-0.2, 0) is 14.4 Å². The Kier molecular flexibility index (Phi) is 5.71. The van der Waals surface area contributed by atoms with E-state index in [0.717, 1.165) is 0 Å². The smallest absolute Gasteiger partial charge is 0.317 e. The third-order valence-electron chi connectivity index (χ3n) is 3.45. The predicted octanol–water partition coefficient (Wildman–Crippen LogP) is 0.399. The van der Waals surface area contributed by atoms with Crippen molar-refractivity contribution in [2.24, 2.45) is 11.3 Å². The Hall–Kier alpha value is -1.63. The number of hydrogen-bond donors (Lipinski definition) is 3. The number of nitrogens with zero attached hydrogens (tertiary/aromatic N) is 1. The summed E-state index contributed by atoms with van der Waals surface area (Å²) in [6.45, 7) is 6.13. The first-order valence-electron chi connectivity index (χ1n) is 7.05. The van der Waals surface area contributed by atoms with Crippen LogP contribution >= 0.6 is 0 Å². The Morgan fingerprint density at radius 1 is 1.14 bits per heavy atom. The summed E-state index contributed by atoms with van der Waals surface area (Å²) in [6.07, 6.45) is 0.544. The molecule has 2 unspecified atom stereocenters. The summed E-state index contributed by atoms with van der Waals surface area (Å²) in [5.74, 6) is -2.12. The molecule has 0 spiro atoms. The van der Waals surface area contributed by atoms with Gasteiger partial charge in [-0.25, -0.2) is 0 Å². The van der Waals surface area contributed by atoms with E-state index in [1.54, 1.807) is 25.7 Å². The zero-order valence-electron chi connectivity index (χ0n) is 12.8. The first-order chi connectivity index (χ1) is 9.57. The van der Waals surface area contributed by atoms with Crippen LogP contribution in [0.3, 0.4) is 0 Å². The fourth-order valence-corrected chi connectivity index (χ4v) is 2.52. The van der Waals surface area contributed by atoms with Crippen LogP contribution in [0.25, 0.3) is 0 Å². The molecule has 0 aromatic rings. The number of aliphatic carboxylic acids is 2. The van der Waals surface area contributed by atoms with Crippen LogP contribution < -0.4 is 5.32 Å². The zero-order valence-corrected chi connectivity index (χ0v) is 12.8. The molecule has 3 N–H and O–H groups in total. The van der Waals surface area contributed by atoms with Gasteiger partial charge in [0.05, 0.1) is 6.54 Å². The van der Waals surface area contributed by atoms with Gasteiger partial charge in [0.25, 0.3) is 0 Å². The van der Waals surface area contributed by atoms with Gasteiger partial charge in [0.1, 0.15) is 0 Å². The topological polar surface area (TPSA) is 107 Å². The van der Waals surface area contributed by atoms with E-state index in [4.69, 9.17) is 10.2 Å². The average molecular weight is 300 g/mol. The van der Waals surface area contributed by atoms with Crippen molar-refractivity contribution in [2.45, 2.75) is 39.7 Å². The van der Waals surface area contributed by atoms with Crippen molar-refractivity contribution in [3.63, 3.8) is 0 Å². The summed E-state index contributed by atoms with van der Waals surface area (Å²) in [7, 11) is 0. The zero-order chi connectivity index (χ0) is 16.2. The molecule has 0 aliphatic carbocycles. The molecule has 1 rings (SSSR count). The van der Waals surface area contributed by atoms with Gasteiger partial charge in [-0.2, -0.15) is 0 Å². The quantitative estimate of drug-likeness (QED) is 0.678. The molecule has 1 aliphatic rings. The molecule has 0 aromatic carbocycles. The summed E-state index contributed by atoms with van der Waals surface area (Å²) in [6, 6.07) is -0.214. The highest BCUT2D eigenvalue weighted by Gasteiger charge is 2.32. The van der Waals surface area contributed by atoms with E-state index in [-0.39, 0.29) is 30.8 Å². The number of amides is 1. The SMILES string of the molecule is CC(C)(C)C(=O)NC1CC(CC(=O)O)CN(CC(=O)O)C1. The number of carboxylic acid groups (broad SMARTS) is 2. The molecular weight excluding hydrogens is 276 g/mol. The molecule has 0 saturated carbocycles. The molecule has 1 fully saturated rings. The third-order valence-corrected chi connectivity index (χ3v) is 3.45. The van der Waals surface area contributed by atoms with E-state index in [2.05, 4.69) is 5.32 Å². The second-order valence-electron chi connectivity index (χ2n) is 6.71. The highest BCUT2D eigenvalue weighted by Crippen LogP contribution is 2.21. The first kappa shape index (κ1) is 17.4. The molecule has 1 saturated heterocycles. The summed E-state index contributed by atoms with van der Waals surface area (Å²) in [4.78, 5) is 35.4. The van der Waals surface area contributed by atoms with Gasteiger partial charge in [0, 0.05) is 31.0 Å². The molecule has 7 heteroatoms. The minimum absolute atomic E-state index is 0.0159. The van der Waals surface area contributed by atoms with Gasteiger partial charge < -0.3 is 15.5 Å². The number of hydrogen-bond acceptors (Lipinski definition) is 4. The number of rotatable bonds is 5. The molecule has 0 aromatic heterocycles. The Labute approximate surface area is 124 Å². The third kappa shape index (κ3) is 6.12. The summed E-state index contributed by atoms with van der Waals surface area (Å²) in [5.41, 5.74) is -0.530.